The van der Waals surface area contributed by atoms with Crippen LogP contribution in [-0.2, 0) is 9.53 Å². The van der Waals surface area contributed by atoms with Crippen molar-refractivity contribution in [1.82, 2.24) is 15.5 Å². The van der Waals surface area contributed by atoms with E-state index in [1.54, 1.807) is 19.1 Å². The Kier molecular flexibility index (Phi) is 11.0. The molecular formula is C29H42F4N4O2. The molecule has 1 aromatic rings. The van der Waals surface area contributed by atoms with Crippen LogP contribution >= 0.6 is 0 Å². The van der Waals surface area contributed by atoms with Crippen LogP contribution in [-0.4, -0.2) is 60.4 Å². The van der Waals surface area contributed by atoms with Crippen LogP contribution in [0, 0.1) is 11.7 Å². The normalized spacial score (nSPS) is 28.2. The maximum atomic E-state index is 13.6. The molecule has 0 spiro atoms. The van der Waals surface area contributed by atoms with E-state index in [4.69, 9.17) is 9.73 Å². The predicted octanol–water partition coefficient (Wildman–Crippen LogP) is 5.90. The van der Waals surface area contributed by atoms with Crippen molar-refractivity contribution < 1.29 is 27.1 Å². The van der Waals surface area contributed by atoms with Gasteiger partial charge in [-0.1, -0.05) is 30.7 Å². The Hall–Kier alpha value is -2.46. The first-order valence-electron chi connectivity index (χ1n) is 13.9. The Morgan fingerprint density at radius 3 is 2.56 bits per heavy atom. The minimum atomic E-state index is -4.64. The van der Waals surface area contributed by atoms with Crippen LogP contribution in [0.4, 0.5) is 17.6 Å². The quantitative estimate of drug-likeness (QED) is 0.191. The number of guanidine groups is 1. The molecule has 6 unspecified atom stereocenters. The monoisotopic (exact) mass is 554 g/mol. The van der Waals surface area contributed by atoms with Crippen molar-refractivity contribution in [1.29, 1.82) is 0 Å². The van der Waals surface area contributed by atoms with E-state index >= 15 is 0 Å². The van der Waals surface area contributed by atoms with Gasteiger partial charge in [-0.25, -0.2) is 9.38 Å². The molecule has 2 aliphatic rings. The minimum Gasteiger partial charge on any atom is -0.365 e. The fraction of sp³-hybridized carbons (Fsp3) is 0.655. The van der Waals surface area contributed by atoms with Gasteiger partial charge in [-0.2, -0.15) is 13.2 Å². The van der Waals surface area contributed by atoms with Crippen LogP contribution in [0.15, 0.2) is 40.9 Å². The van der Waals surface area contributed by atoms with E-state index in [9.17, 15) is 22.4 Å². The summed E-state index contributed by atoms with van der Waals surface area (Å²) in [5.74, 6) is -2.11. The molecule has 1 aromatic carbocycles. The number of carbonyl (C=O) groups is 1. The van der Waals surface area contributed by atoms with Gasteiger partial charge in [0.15, 0.2) is 12.1 Å². The van der Waals surface area contributed by atoms with Gasteiger partial charge in [0.05, 0.1) is 12.0 Å². The van der Waals surface area contributed by atoms with E-state index in [0.717, 1.165) is 31.4 Å². The highest BCUT2D eigenvalue weighted by Crippen LogP contribution is 2.38. The Balaban J connectivity index is 1.93. The third-order valence-electron chi connectivity index (χ3n) is 7.71. The van der Waals surface area contributed by atoms with Crippen LogP contribution in [0.2, 0.25) is 0 Å². The van der Waals surface area contributed by atoms with Gasteiger partial charge in [0.1, 0.15) is 12.0 Å². The highest BCUT2D eigenvalue weighted by molar-refractivity contribution is 5.98. The number of allylic oxidation sites excluding steroid dienone is 1. The topological polar surface area (TPSA) is 66.0 Å². The van der Waals surface area contributed by atoms with Crippen LogP contribution in [0.3, 0.4) is 0 Å². The number of likely N-dealkylation sites (tertiary alicyclic amines) is 1. The number of carbonyl (C=O) groups excluding carboxylic acids is 1. The van der Waals surface area contributed by atoms with Crippen molar-refractivity contribution in [3.63, 3.8) is 0 Å². The standard InChI is InChI=1S/C29H42F4N4O2/c1-6-18(3)17-37-14-8-9-22(21-10-12-23(30)13-11-21)16-25(37)35-28(34-19(4)7-2)36-27(38)24-15-20(5)39-26(24)29(31,32)33/h6,10-13,19-20,22,24-26H,7-9,14-17H2,1-5H3,(H2,34,35,36,38). The fourth-order valence-corrected chi connectivity index (χ4v) is 5.21. The maximum absolute atomic E-state index is 13.6. The number of halogens is 4. The Morgan fingerprint density at radius 2 is 1.95 bits per heavy atom. The summed E-state index contributed by atoms with van der Waals surface area (Å²) in [7, 11) is 0. The highest BCUT2D eigenvalue weighted by Gasteiger charge is 2.53. The van der Waals surface area contributed by atoms with E-state index in [1.165, 1.54) is 17.7 Å². The molecule has 2 fully saturated rings. The lowest BCUT2D eigenvalue weighted by atomic mass is 9.91. The molecule has 39 heavy (non-hydrogen) atoms. The second-order valence-electron chi connectivity index (χ2n) is 10.9. The van der Waals surface area contributed by atoms with Crippen LogP contribution in [0.1, 0.15) is 78.2 Å². The van der Waals surface area contributed by atoms with Crippen molar-refractivity contribution in [2.45, 2.75) is 103 Å². The van der Waals surface area contributed by atoms with Crippen molar-refractivity contribution in [3.05, 3.63) is 47.3 Å². The minimum absolute atomic E-state index is 0.0185. The number of amides is 1. The van der Waals surface area contributed by atoms with E-state index < -0.39 is 30.2 Å². The molecule has 2 heterocycles. The number of nitrogens with one attached hydrogen (secondary N) is 2. The first kappa shape index (κ1) is 31.1. The van der Waals surface area contributed by atoms with Gasteiger partial charge in [0, 0.05) is 19.1 Å². The summed E-state index contributed by atoms with van der Waals surface area (Å²) in [6, 6.07) is 6.44. The van der Waals surface area contributed by atoms with Crippen LogP contribution < -0.4 is 10.6 Å². The molecule has 3 rings (SSSR count). The average Bonchev–Trinajstić information content (AvgIpc) is 3.19. The lowest BCUT2D eigenvalue weighted by Gasteiger charge is -2.30. The molecule has 1 amide bonds. The van der Waals surface area contributed by atoms with Gasteiger partial charge < -0.3 is 10.1 Å². The van der Waals surface area contributed by atoms with Crippen molar-refractivity contribution in [3.8, 4) is 0 Å². The lowest BCUT2D eigenvalue weighted by Crippen LogP contribution is -2.51. The van der Waals surface area contributed by atoms with Crippen LogP contribution in [0.5, 0.6) is 0 Å². The average molecular weight is 555 g/mol. The molecule has 6 atom stereocenters. The van der Waals surface area contributed by atoms with E-state index in [1.807, 2.05) is 33.8 Å². The maximum Gasteiger partial charge on any atom is 0.415 e. The molecule has 0 aliphatic carbocycles. The number of rotatable bonds is 7. The van der Waals surface area contributed by atoms with Crippen molar-refractivity contribution >= 4 is 11.9 Å². The first-order valence-corrected chi connectivity index (χ1v) is 13.9. The number of nitrogens with zero attached hydrogens (tertiary/aromatic N) is 2. The SMILES string of the molecule is CC=C(C)CN1CCCC(c2ccc(F)cc2)CC1N=C(NC(=O)C1CC(C)OC1C(F)(F)F)NC(C)CC. The summed E-state index contributed by atoms with van der Waals surface area (Å²) in [6.45, 7) is 10.9. The zero-order valence-electron chi connectivity index (χ0n) is 23.5. The smallest absolute Gasteiger partial charge is 0.365 e. The zero-order chi connectivity index (χ0) is 28.7. The molecule has 2 saturated heterocycles. The number of benzene rings is 1. The summed E-state index contributed by atoms with van der Waals surface area (Å²) in [6.07, 6.45) is -2.62. The van der Waals surface area contributed by atoms with E-state index in [0.29, 0.717) is 13.0 Å². The third kappa shape index (κ3) is 8.76. The van der Waals surface area contributed by atoms with Gasteiger partial charge in [-0.3, -0.25) is 15.0 Å². The molecule has 0 saturated carbocycles. The molecule has 10 heteroatoms. The Morgan fingerprint density at radius 1 is 1.26 bits per heavy atom. The highest BCUT2D eigenvalue weighted by atomic mass is 19.4. The predicted molar refractivity (Wildman–Crippen MR) is 145 cm³/mol. The second kappa shape index (κ2) is 13.7. The lowest BCUT2D eigenvalue weighted by molar-refractivity contribution is -0.222. The Bertz CT molecular complexity index is 1010. The van der Waals surface area contributed by atoms with Crippen LogP contribution in [0.25, 0.3) is 0 Å². The summed E-state index contributed by atoms with van der Waals surface area (Å²) in [5, 5.41) is 5.90. The second-order valence-corrected chi connectivity index (χ2v) is 10.9. The number of ether oxygens (including phenoxy) is 1. The molecule has 0 radical (unpaired) electrons. The van der Waals surface area contributed by atoms with Gasteiger partial charge in [0.25, 0.3) is 0 Å². The molecule has 2 aliphatic heterocycles. The van der Waals surface area contributed by atoms with Gasteiger partial charge in [0.2, 0.25) is 5.91 Å². The van der Waals surface area contributed by atoms with E-state index in [2.05, 4.69) is 15.5 Å². The van der Waals surface area contributed by atoms with Gasteiger partial charge in [-0.05, 0) is 83.4 Å². The molecule has 218 valence electrons. The number of hydrogen-bond donors (Lipinski definition) is 2. The summed E-state index contributed by atoms with van der Waals surface area (Å²) in [5.41, 5.74) is 2.19. The summed E-state index contributed by atoms with van der Waals surface area (Å²) in [4.78, 5) is 20.4. The third-order valence-corrected chi connectivity index (χ3v) is 7.71. The molecule has 2 N–H and O–H groups in total. The van der Waals surface area contributed by atoms with Crippen molar-refractivity contribution in [2.75, 3.05) is 13.1 Å². The molecule has 0 bridgehead atoms. The molecular weight excluding hydrogens is 512 g/mol. The summed E-state index contributed by atoms with van der Waals surface area (Å²) >= 11 is 0. The summed E-state index contributed by atoms with van der Waals surface area (Å²) < 4.78 is 59.5. The molecule has 0 aromatic heterocycles. The van der Waals surface area contributed by atoms with Gasteiger partial charge >= 0.3 is 6.18 Å². The molecule has 6 nitrogen and oxygen atoms in total. The van der Waals surface area contributed by atoms with Gasteiger partial charge in [-0.15, -0.1) is 0 Å². The zero-order valence-corrected chi connectivity index (χ0v) is 23.5. The Labute approximate surface area is 229 Å². The first-order chi connectivity index (χ1) is 18.4. The fourth-order valence-electron chi connectivity index (χ4n) is 5.21. The van der Waals surface area contributed by atoms with E-state index in [-0.39, 0.29) is 36.3 Å². The number of aliphatic imine (C=N–C) groups is 1. The number of hydrogen-bond acceptors (Lipinski definition) is 4. The number of alkyl halides is 3. The van der Waals surface area contributed by atoms with Crippen molar-refractivity contribution in [2.24, 2.45) is 10.9 Å². The largest absolute Gasteiger partial charge is 0.415 e.